The van der Waals surface area contributed by atoms with Crippen LogP contribution in [0.15, 0.2) is 24.3 Å². The number of hydrogen-bond donors (Lipinski definition) is 1. The van der Waals surface area contributed by atoms with Gasteiger partial charge >= 0.3 is 0 Å². The van der Waals surface area contributed by atoms with E-state index in [1.807, 2.05) is 36.1 Å². The molecule has 5 heteroatoms. The van der Waals surface area contributed by atoms with Crippen molar-refractivity contribution < 1.29 is 14.3 Å². The lowest BCUT2D eigenvalue weighted by Crippen LogP contribution is -2.63. The summed E-state index contributed by atoms with van der Waals surface area (Å²) in [6.45, 7) is 3.42. The van der Waals surface area contributed by atoms with Gasteiger partial charge in [-0.1, -0.05) is 18.2 Å². The molecular weight excluding hydrogens is 292 g/mol. The first-order valence-corrected chi connectivity index (χ1v) is 8.46. The maximum Gasteiger partial charge on any atom is 0.236 e. The molecule has 3 aliphatic heterocycles. The van der Waals surface area contributed by atoms with Crippen LogP contribution < -0.4 is 10.1 Å². The Kier molecular flexibility index (Phi) is 3.32. The third-order valence-corrected chi connectivity index (χ3v) is 5.27. The molecule has 0 radical (unpaired) electrons. The second kappa shape index (κ2) is 5.25. The summed E-state index contributed by atoms with van der Waals surface area (Å²) in [5.41, 5.74) is 0.268. The Morgan fingerprint density at radius 3 is 2.78 bits per heavy atom. The van der Waals surface area contributed by atoms with Crippen molar-refractivity contribution in [1.29, 1.82) is 0 Å². The zero-order chi connectivity index (χ0) is 16.0. The van der Waals surface area contributed by atoms with Crippen LogP contribution >= 0.6 is 0 Å². The van der Waals surface area contributed by atoms with E-state index >= 15 is 0 Å². The zero-order valence-corrected chi connectivity index (χ0v) is 13.4. The monoisotopic (exact) mass is 314 g/mol. The lowest BCUT2D eigenvalue weighted by molar-refractivity contribution is -0.152. The predicted octanol–water partition coefficient (Wildman–Crippen LogP) is 2.03. The largest absolute Gasteiger partial charge is 0.468 e. The number of benzene rings is 1. The first kappa shape index (κ1) is 14.5. The number of nitrogens with zero attached hydrogens (tertiary/aromatic N) is 1. The number of likely N-dealkylation sites (tertiary alicyclic amines) is 1. The van der Waals surface area contributed by atoms with Gasteiger partial charge in [0.2, 0.25) is 11.8 Å². The number of carbonyl (C=O) groups excluding carboxylic acids is 2. The third kappa shape index (κ3) is 2.38. The van der Waals surface area contributed by atoms with Crippen LogP contribution in [0.5, 0.6) is 5.75 Å². The number of fused-ring (bicyclic) bond motifs is 4. The maximum absolute atomic E-state index is 13.0. The molecule has 2 saturated heterocycles. The normalized spacial score (nSPS) is 32.6. The van der Waals surface area contributed by atoms with E-state index < -0.39 is 11.6 Å². The van der Waals surface area contributed by atoms with E-state index in [0.717, 1.165) is 37.2 Å². The number of piperidine rings is 2. The lowest BCUT2D eigenvalue weighted by Gasteiger charge is -2.47. The molecule has 3 heterocycles. The summed E-state index contributed by atoms with van der Waals surface area (Å²) in [5, 5.41) is 2.93. The number of hydrogen-bond acceptors (Lipinski definition) is 3. The molecule has 0 saturated carbocycles. The molecule has 23 heavy (non-hydrogen) atoms. The Hall–Kier alpha value is -2.04. The first-order valence-electron chi connectivity index (χ1n) is 8.46. The van der Waals surface area contributed by atoms with Crippen LogP contribution in [-0.2, 0) is 9.59 Å². The van der Waals surface area contributed by atoms with Crippen LogP contribution in [0.4, 0.5) is 0 Å². The minimum Gasteiger partial charge on any atom is -0.468 e. The fourth-order valence-corrected chi connectivity index (χ4v) is 4.18. The van der Waals surface area contributed by atoms with Crippen molar-refractivity contribution in [1.82, 2.24) is 10.2 Å². The van der Waals surface area contributed by atoms with E-state index in [4.69, 9.17) is 4.74 Å². The Morgan fingerprint density at radius 1 is 1.26 bits per heavy atom. The predicted molar refractivity (Wildman–Crippen MR) is 84.9 cm³/mol. The van der Waals surface area contributed by atoms with Crippen LogP contribution in [-0.4, -0.2) is 35.5 Å². The number of para-hydroxylation sites is 1. The molecule has 5 nitrogen and oxygen atoms in total. The number of carbonyl (C=O) groups is 2. The highest BCUT2D eigenvalue weighted by Crippen LogP contribution is 2.47. The molecule has 2 amide bonds. The average Bonchev–Trinajstić information content (AvgIpc) is 2.54. The molecule has 1 aromatic rings. The van der Waals surface area contributed by atoms with Crippen molar-refractivity contribution >= 4 is 11.8 Å². The topological polar surface area (TPSA) is 58.6 Å². The summed E-state index contributed by atoms with van der Waals surface area (Å²) in [7, 11) is 0. The van der Waals surface area contributed by atoms with E-state index in [0.29, 0.717) is 6.42 Å². The molecule has 0 unspecified atom stereocenters. The van der Waals surface area contributed by atoms with Gasteiger partial charge in [0.25, 0.3) is 0 Å². The van der Waals surface area contributed by atoms with E-state index in [2.05, 4.69) is 5.32 Å². The van der Waals surface area contributed by atoms with Gasteiger partial charge in [-0.15, -0.1) is 0 Å². The summed E-state index contributed by atoms with van der Waals surface area (Å²) in [5.74, 6) is -0.179. The highest BCUT2D eigenvalue weighted by atomic mass is 16.5. The fraction of sp³-hybridized carbons (Fsp3) is 0.556. The second-order valence-corrected chi connectivity index (χ2v) is 7.03. The van der Waals surface area contributed by atoms with Gasteiger partial charge in [-0.3, -0.25) is 9.59 Å². The fourth-order valence-electron chi connectivity index (χ4n) is 4.18. The van der Waals surface area contributed by atoms with Crippen molar-refractivity contribution in [3.05, 3.63) is 29.8 Å². The van der Waals surface area contributed by atoms with Crippen molar-refractivity contribution in [2.75, 3.05) is 13.1 Å². The zero-order valence-electron chi connectivity index (χ0n) is 13.4. The summed E-state index contributed by atoms with van der Waals surface area (Å²) in [6, 6.07) is 7.76. The molecule has 0 aliphatic carbocycles. The number of rotatable bonds is 1. The highest BCUT2D eigenvalue weighted by molar-refractivity contribution is 6.02. The molecule has 3 aliphatic rings. The van der Waals surface area contributed by atoms with Crippen molar-refractivity contribution in [2.45, 2.75) is 44.2 Å². The molecule has 4 rings (SSSR count). The van der Waals surface area contributed by atoms with Gasteiger partial charge < -0.3 is 15.0 Å². The summed E-state index contributed by atoms with van der Waals surface area (Å²) < 4.78 is 5.98. The maximum atomic E-state index is 13.0. The standard InChI is InChI=1S/C18H22N2O3/c1-18-11-13(12-7-3-4-8-14(12)23-18)15(16(21)19-18)17(22)20-9-5-2-6-10-20/h3-4,7-8,13,15H,2,5-6,9-11H2,1H3,(H,19,21)/t13-,15-,18-/m1/s1. The Bertz CT molecular complexity index is 653. The van der Waals surface area contributed by atoms with Gasteiger partial charge in [0.1, 0.15) is 11.7 Å². The first-order chi connectivity index (χ1) is 11.1. The Labute approximate surface area is 136 Å². The van der Waals surface area contributed by atoms with Gasteiger partial charge in [-0.2, -0.15) is 0 Å². The summed E-state index contributed by atoms with van der Waals surface area (Å²) >= 11 is 0. The number of ether oxygens (including phenoxy) is 1. The lowest BCUT2D eigenvalue weighted by atomic mass is 9.74. The van der Waals surface area contributed by atoms with Crippen LogP contribution in [0.1, 0.15) is 44.1 Å². The van der Waals surface area contributed by atoms with Crippen LogP contribution in [0.2, 0.25) is 0 Å². The van der Waals surface area contributed by atoms with Crippen molar-refractivity contribution in [3.63, 3.8) is 0 Å². The quantitative estimate of drug-likeness (QED) is 0.807. The van der Waals surface area contributed by atoms with Gasteiger partial charge in [-0.25, -0.2) is 0 Å². The van der Waals surface area contributed by atoms with Gasteiger partial charge in [0.15, 0.2) is 5.72 Å². The molecule has 122 valence electrons. The average molecular weight is 314 g/mol. The van der Waals surface area contributed by atoms with Crippen molar-refractivity contribution in [3.8, 4) is 5.75 Å². The van der Waals surface area contributed by atoms with Crippen LogP contribution in [0.3, 0.4) is 0 Å². The van der Waals surface area contributed by atoms with E-state index in [1.165, 1.54) is 6.42 Å². The Balaban J connectivity index is 1.70. The molecule has 0 spiro atoms. The third-order valence-electron chi connectivity index (χ3n) is 5.27. The highest BCUT2D eigenvalue weighted by Gasteiger charge is 2.52. The molecule has 2 fully saturated rings. The molecule has 1 N–H and O–H groups in total. The van der Waals surface area contributed by atoms with Crippen molar-refractivity contribution in [2.24, 2.45) is 5.92 Å². The molecule has 2 bridgehead atoms. The smallest absolute Gasteiger partial charge is 0.236 e. The minimum absolute atomic E-state index is 0.0223. The molecule has 1 aromatic carbocycles. The van der Waals surface area contributed by atoms with Crippen LogP contribution in [0, 0.1) is 5.92 Å². The molecule has 3 atom stereocenters. The number of nitrogens with one attached hydrogen (secondary N) is 1. The van der Waals surface area contributed by atoms with Gasteiger partial charge in [-0.05, 0) is 37.8 Å². The van der Waals surface area contributed by atoms with Gasteiger partial charge in [0.05, 0.1) is 0 Å². The molecule has 0 aromatic heterocycles. The second-order valence-electron chi connectivity index (χ2n) is 7.03. The minimum atomic E-state index is -0.714. The SMILES string of the molecule is C[C@]12C[C@H](c3ccccc3O1)[C@@H](C(=O)N1CCCCC1)C(=O)N2. The van der Waals surface area contributed by atoms with E-state index in [-0.39, 0.29) is 17.7 Å². The summed E-state index contributed by atoms with van der Waals surface area (Å²) in [4.78, 5) is 27.5. The van der Waals surface area contributed by atoms with Crippen LogP contribution in [0.25, 0.3) is 0 Å². The molecular formula is C18H22N2O3. The number of amides is 2. The van der Waals surface area contributed by atoms with Gasteiger partial charge in [0, 0.05) is 25.4 Å². The summed E-state index contributed by atoms with van der Waals surface area (Å²) in [6.07, 6.45) is 3.86. The Morgan fingerprint density at radius 2 is 2.00 bits per heavy atom. The van der Waals surface area contributed by atoms with E-state index in [1.54, 1.807) is 0 Å². The van der Waals surface area contributed by atoms with E-state index in [9.17, 15) is 9.59 Å².